The van der Waals surface area contributed by atoms with Crippen molar-refractivity contribution in [3.63, 3.8) is 0 Å². The van der Waals surface area contributed by atoms with E-state index in [1.54, 1.807) is 25.1 Å². The van der Waals surface area contributed by atoms with E-state index in [2.05, 4.69) is 5.32 Å². The molecule has 0 aromatic heterocycles. The number of nitrogens with zero attached hydrogens (tertiary/aromatic N) is 2. The largest absolute Gasteiger partial charge is 0.497 e. The topological polar surface area (TPSA) is 61.9 Å². The highest BCUT2D eigenvalue weighted by atomic mass is 35.5. The van der Waals surface area contributed by atoms with Crippen LogP contribution in [0.3, 0.4) is 0 Å². The van der Waals surface area contributed by atoms with E-state index in [9.17, 15) is 14.0 Å². The maximum atomic E-state index is 13.3. The molecule has 1 fully saturated rings. The molecule has 0 radical (unpaired) electrons. The predicted molar refractivity (Wildman–Crippen MR) is 113 cm³/mol. The van der Waals surface area contributed by atoms with Gasteiger partial charge in [-0.05, 0) is 35.4 Å². The van der Waals surface area contributed by atoms with Crippen LogP contribution in [0.2, 0.25) is 5.02 Å². The van der Waals surface area contributed by atoms with Crippen LogP contribution in [0.5, 0.6) is 5.75 Å². The number of halogens is 2. The molecule has 2 amide bonds. The van der Waals surface area contributed by atoms with Crippen LogP contribution in [0.15, 0.2) is 42.5 Å². The van der Waals surface area contributed by atoms with E-state index in [0.717, 1.165) is 16.9 Å². The minimum Gasteiger partial charge on any atom is -0.497 e. The molecule has 8 heteroatoms. The second-order valence-electron chi connectivity index (χ2n) is 7.32. The van der Waals surface area contributed by atoms with E-state index in [-0.39, 0.29) is 18.2 Å². The average molecular weight is 434 g/mol. The van der Waals surface area contributed by atoms with E-state index in [1.807, 2.05) is 29.2 Å². The van der Waals surface area contributed by atoms with Gasteiger partial charge in [-0.25, -0.2) is 4.39 Å². The molecule has 1 atom stereocenters. The van der Waals surface area contributed by atoms with Crippen LogP contribution in [0.1, 0.15) is 17.5 Å². The van der Waals surface area contributed by atoms with Crippen molar-refractivity contribution in [3.8, 4) is 5.75 Å². The molecule has 0 saturated carbocycles. The highest BCUT2D eigenvalue weighted by molar-refractivity contribution is 6.31. The quantitative estimate of drug-likeness (QED) is 0.729. The van der Waals surface area contributed by atoms with Crippen LogP contribution < -0.4 is 10.1 Å². The van der Waals surface area contributed by atoms with Crippen molar-refractivity contribution in [2.45, 2.75) is 25.6 Å². The van der Waals surface area contributed by atoms with Gasteiger partial charge >= 0.3 is 0 Å². The third-order valence-electron chi connectivity index (χ3n) is 5.18. The normalized spacial score (nSPS) is 16.8. The summed E-state index contributed by atoms with van der Waals surface area (Å²) < 4.78 is 18.6. The molecular formula is C22H25ClFN3O3. The number of hydrogen-bond acceptors (Lipinski definition) is 4. The van der Waals surface area contributed by atoms with Gasteiger partial charge in [0.2, 0.25) is 11.8 Å². The van der Waals surface area contributed by atoms with E-state index in [0.29, 0.717) is 31.2 Å². The summed E-state index contributed by atoms with van der Waals surface area (Å²) in [6.45, 7) is 1.84. The van der Waals surface area contributed by atoms with Crippen LogP contribution in [0.25, 0.3) is 0 Å². The van der Waals surface area contributed by atoms with Crippen molar-refractivity contribution in [2.75, 3.05) is 27.2 Å². The van der Waals surface area contributed by atoms with Crippen molar-refractivity contribution in [1.29, 1.82) is 0 Å². The fourth-order valence-corrected chi connectivity index (χ4v) is 3.72. The lowest BCUT2D eigenvalue weighted by molar-refractivity contribution is -0.138. The number of amides is 2. The number of carbonyl (C=O) groups is 2. The van der Waals surface area contributed by atoms with E-state index < -0.39 is 11.9 Å². The summed E-state index contributed by atoms with van der Waals surface area (Å²) in [6.07, 6.45) is 0.0467. The molecule has 3 rings (SSSR count). The van der Waals surface area contributed by atoms with Gasteiger partial charge in [-0.3, -0.25) is 14.5 Å². The minimum atomic E-state index is -0.611. The van der Waals surface area contributed by atoms with Crippen LogP contribution >= 0.6 is 11.6 Å². The van der Waals surface area contributed by atoms with E-state index >= 15 is 0 Å². The molecule has 30 heavy (non-hydrogen) atoms. The van der Waals surface area contributed by atoms with Crippen LogP contribution in [-0.4, -0.2) is 54.9 Å². The second-order valence-corrected chi connectivity index (χ2v) is 7.73. The first-order valence-corrected chi connectivity index (χ1v) is 10.1. The summed E-state index contributed by atoms with van der Waals surface area (Å²) in [6, 6.07) is 11.1. The average Bonchev–Trinajstić information content (AvgIpc) is 2.72. The Labute approximate surface area is 180 Å². The highest BCUT2D eigenvalue weighted by Gasteiger charge is 2.32. The zero-order valence-corrected chi connectivity index (χ0v) is 17.8. The van der Waals surface area contributed by atoms with E-state index in [4.69, 9.17) is 16.3 Å². The lowest BCUT2D eigenvalue weighted by atomic mass is 10.1. The van der Waals surface area contributed by atoms with Gasteiger partial charge in [0.15, 0.2) is 0 Å². The summed E-state index contributed by atoms with van der Waals surface area (Å²) in [5.74, 6) is -0.0221. The molecule has 1 saturated heterocycles. The number of rotatable bonds is 7. The summed E-state index contributed by atoms with van der Waals surface area (Å²) in [5, 5.41) is 3.13. The van der Waals surface area contributed by atoms with Crippen molar-refractivity contribution in [2.24, 2.45) is 0 Å². The van der Waals surface area contributed by atoms with Gasteiger partial charge in [0, 0.05) is 38.2 Å². The van der Waals surface area contributed by atoms with Crippen molar-refractivity contribution < 1.29 is 18.7 Å². The van der Waals surface area contributed by atoms with Gasteiger partial charge in [-0.15, -0.1) is 0 Å². The molecule has 0 unspecified atom stereocenters. The van der Waals surface area contributed by atoms with E-state index in [1.165, 1.54) is 12.1 Å². The summed E-state index contributed by atoms with van der Waals surface area (Å²) >= 11 is 6.15. The number of benzene rings is 2. The van der Waals surface area contributed by atoms with Gasteiger partial charge in [-0.1, -0.05) is 29.8 Å². The van der Waals surface area contributed by atoms with Gasteiger partial charge < -0.3 is 15.0 Å². The molecule has 1 N–H and O–H groups in total. The third kappa shape index (κ3) is 5.49. The fourth-order valence-electron chi connectivity index (χ4n) is 3.50. The first kappa shape index (κ1) is 22.1. The van der Waals surface area contributed by atoms with Crippen molar-refractivity contribution in [3.05, 3.63) is 64.4 Å². The third-order valence-corrected chi connectivity index (χ3v) is 5.53. The first-order valence-electron chi connectivity index (χ1n) is 9.70. The Morgan fingerprint density at radius 2 is 2.13 bits per heavy atom. The first-order chi connectivity index (χ1) is 14.4. The fraction of sp³-hybridized carbons (Fsp3) is 0.364. The maximum absolute atomic E-state index is 13.3. The number of methoxy groups -OCH3 is 1. The molecule has 1 aliphatic heterocycles. The monoisotopic (exact) mass is 433 g/mol. The Morgan fingerprint density at radius 3 is 2.87 bits per heavy atom. The van der Waals surface area contributed by atoms with Gasteiger partial charge in [0.05, 0.1) is 19.6 Å². The molecule has 0 spiro atoms. The standard InChI is InChI=1S/C22H25ClFN3O3/c1-26(13-15-4-3-5-18(10-15)30-2)21(28)12-20-22(29)25-8-9-27(20)14-16-6-7-17(24)11-19(16)23/h3-7,10-11,20H,8-9,12-14H2,1-2H3,(H,25,29)/t20-/m0/s1. The van der Waals surface area contributed by atoms with Crippen molar-refractivity contribution >= 4 is 23.4 Å². The Balaban J connectivity index is 1.67. The molecule has 6 nitrogen and oxygen atoms in total. The number of ether oxygens (including phenoxy) is 1. The molecule has 1 heterocycles. The summed E-state index contributed by atoms with van der Waals surface area (Å²) in [7, 11) is 3.31. The number of piperazine rings is 1. The number of nitrogens with one attached hydrogen (secondary N) is 1. The molecule has 2 aromatic rings. The van der Waals surface area contributed by atoms with Gasteiger partial charge in [0.1, 0.15) is 11.6 Å². The Morgan fingerprint density at radius 1 is 1.33 bits per heavy atom. The van der Waals surface area contributed by atoms with Gasteiger partial charge in [-0.2, -0.15) is 0 Å². The molecule has 0 aliphatic carbocycles. The second kappa shape index (κ2) is 9.91. The molecule has 0 bridgehead atoms. The summed E-state index contributed by atoms with van der Waals surface area (Å²) in [5.41, 5.74) is 1.66. The molecule has 160 valence electrons. The lowest BCUT2D eigenvalue weighted by Crippen LogP contribution is -2.56. The van der Waals surface area contributed by atoms with Gasteiger partial charge in [0.25, 0.3) is 0 Å². The minimum absolute atomic E-state index is 0.0467. The molecular weight excluding hydrogens is 409 g/mol. The van der Waals surface area contributed by atoms with Crippen LogP contribution in [0.4, 0.5) is 4.39 Å². The Kier molecular flexibility index (Phi) is 7.29. The lowest BCUT2D eigenvalue weighted by Gasteiger charge is -2.35. The predicted octanol–water partition coefficient (Wildman–Crippen LogP) is 2.84. The van der Waals surface area contributed by atoms with Crippen LogP contribution in [-0.2, 0) is 22.7 Å². The van der Waals surface area contributed by atoms with Crippen LogP contribution in [0, 0.1) is 5.82 Å². The Hall–Kier alpha value is -2.64. The smallest absolute Gasteiger partial charge is 0.237 e. The molecule has 1 aliphatic rings. The maximum Gasteiger partial charge on any atom is 0.237 e. The highest BCUT2D eigenvalue weighted by Crippen LogP contribution is 2.22. The molecule has 2 aromatic carbocycles. The number of carbonyl (C=O) groups excluding carboxylic acids is 2. The number of hydrogen-bond donors (Lipinski definition) is 1. The zero-order chi connectivity index (χ0) is 21.7. The Bertz CT molecular complexity index is 924. The SMILES string of the molecule is COc1cccc(CN(C)C(=O)C[C@H]2C(=O)NCCN2Cc2ccc(F)cc2Cl)c1. The zero-order valence-electron chi connectivity index (χ0n) is 17.0. The van der Waals surface area contributed by atoms with Crippen molar-refractivity contribution in [1.82, 2.24) is 15.1 Å². The summed E-state index contributed by atoms with van der Waals surface area (Å²) in [4.78, 5) is 28.8.